The minimum Gasteiger partial charge on any atom is -0.496 e. The molecule has 0 bridgehead atoms. The van der Waals surface area contributed by atoms with Crippen LogP contribution in [0.4, 0.5) is 4.79 Å². The second-order valence-electron chi connectivity index (χ2n) is 5.30. The Morgan fingerprint density at radius 1 is 1.32 bits per heavy atom. The molecule has 0 saturated carbocycles. The highest BCUT2D eigenvalue weighted by molar-refractivity contribution is 5.69. The van der Waals surface area contributed by atoms with Crippen molar-refractivity contribution < 1.29 is 19.0 Å². The molecule has 1 amide bonds. The third-order valence-electron chi connectivity index (χ3n) is 4.27. The number of hydrogen-bond donors (Lipinski definition) is 1. The lowest BCUT2D eigenvalue weighted by molar-refractivity contribution is 0.0939. The molecule has 0 saturated heterocycles. The standard InChI is InChI=1S/C16H24N2O4/c1-5-11-7-12-13(9-18(11)16(19)22-4)14(20-2)6-10(8-17)15(12)21-3/h6,11H,5,7-9,17H2,1-4H3. The van der Waals surface area contributed by atoms with Crippen molar-refractivity contribution in [1.82, 2.24) is 4.90 Å². The maximum absolute atomic E-state index is 12.0. The van der Waals surface area contributed by atoms with E-state index in [9.17, 15) is 4.79 Å². The van der Waals surface area contributed by atoms with Crippen LogP contribution in [0.5, 0.6) is 11.5 Å². The summed E-state index contributed by atoms with van der Waals surface area (Å²) in [5, 5.41) is 0. The van der Waals surface area contributed by atoms with Crippen LogP contribution in [0, 0.1) is 0 Å². The van der Waals surface area contributed by atoms with Crippen molar-refractivity contribution in [2.75, 3.05) is 21.3 Å². The third kappa shape index (κ3) is 2.70. The Balaban J connectivity index is 2.56. The molecule has 1 heterocycles. The summed E-state index contributed by atoms with van der Waals surface area (Å²) in [7, 11) is 4.67. The molecule has 0 aromatic heterocycles. The highest BCUT2D eigenvalue weighted by Gasteiger charge is 2.33. The number of nitrogens with two attached hydrogens (primary N) is 1. The average molecular weight is 308 g/mol. The zero-order chi connectivity index (χ0) is 16.3. The number of benzene rings is 1. The van der Waals surface area contributed by atoms with Gasteiger partial charge in [-0.15, -0.1) is 0 Å². The molecule has 6 heteroatoms. The number of methoxy groups -OCH3 is 3. The molecule has 0 fully saturated rings. The summed E-state index contributed by atoms with van der Waals surface area (Å²) in [6.45, 7) is 2.89. The number of hydrogen-bond acceptors (Lipinski definition) is 5. The van der Waals surface area contributed by atoms with Crippen molar-refractivity contribution in [3.8, 4) is 11.5 Å². The molecule has 0 aliphatic carbocycles. The summed E-state index contributed by atoms with van der Waals surface area (Å²) in [6, 6.07) is 1.96. The molecule has 1 unspecified atom stereocenters. The summed E-state index contributed by atoms with van der Waals surface area (Å²) < 4.78 is 16.0. The van der Waals surface area contributed by atoms with Crippen LogP contribution in [0.2, 0.25) is 0 Å². The minimum atomic E-state index is -0.318. The van der Waals surface area contributed by atoms with Gasteiger partial charge >= 0.3 is 6.09 Å². The highest BCUT2D eigenvalue weighted by atomic mass is 16.5. The molecule has 1 aliphatic rings. The van der Waals surface area contributed by atoms with Crippen molar-refractivity contribution in [1.29, 1.82) is 0 Å². The number of carbonyl (C=O) groups excluding carboxylic acids is 1. The Morgan fingerprint density at radius 3 is 2.55 bits per heavy atom. The van der Waals surface area contributed by atoms with Crippen molar-refractivity contribution in [3.05, 3.63) is 22.8 Å². The average Bonchev–Trinajstić information content (AvgIpc) is 2.57. The van der Waals surface area contributed by atoms with Crippen molar-refractivity contribution in [2.24, 2.45) is 5.73 Å². The first kappa shape index (κ1) is 16.4. The lowest BCUT2D eigenvalue weighted by Crippen LogP contribution is -2.44. The van der Waals surface area contributed by atoms with Crippen molar-refractivity contribution in [3.63, 3.8) is 0 Å². The predicted molar refractivity (Wildman–Crippen MR) is 83.2 cm³/mol. The minimum absolute atomic E-state index is 0.0755. The van der Waals surface area contributed by atoms with Gasteiger partial charge < -0.3 is 24.8 Å². The zero-order valence-corrected chi connectivity index (χ0v) is 13.6. The van der Waals surface area contributed by atoms with Gasteiger partial charge in [-0.25, -0.2) is 4.79 Å². The first-order valence-corrected chi connectivity index (χ1v) is 7.41. The van der Waals surface area contributed by atoms with Crippen molar-refractivity contribution in [2.45, 2.75) is 38.9 Å². The van der Waals surface area contributed by atoms with Crippen LogP contribution in [0.25, 0.3) is 0 Å². The van der Waals surface area contributed by atoms with E-state index in [2.05, 4.69) is 6.92 Å². The van der Waals surface area contributed by atoms with Gasteiger partial charge in [0.2, 0.25) is 0 Å². The Bertz CT molecular complexity index is 560. The van der Waals surface area contributed by atoms with Gasteiger partial charge in [-0.3, -0.25) is 0 Å². The quantitative estimate of drug-likeness (QED) is 0.921. The van der Waals surface area contributed by atoms with Crippen LogP contribution in [0.15, 0.2) is 6.07 Å². The molecule has 1 aromatic carbocycles. The van der Waals surface area contributed by atoms with E-state index < -0.39 is 0 Å². The lowest BCUT2D eigenvalue weighted by Gasteiger charge is -2.37. The van der Waals surface area contributed by atoms with Gasteiger partial charge in [0.15, 0.2) is 0 Å². The van der Waals surface area contributed by atoms with Crippen LogP contribution < -0.4 is 15.2 Å². The molecule has 2 N–H and O–H groups in total. The van der Waals surface area contributed by atoms with Gasteiger partial charge in [0.1, 0.15) is 11.5 Å². The van der Waals surface area contributed by atoms with E-state index in [-0.39, 0.29) is 12.1 Å². The van der Waals surface area contributed by atoms with Crippen LogP contribution in [0.3, 0.4) is 0 Å². The molecular formula is C16H24N2O4. The molecule has 122 valence electrons. The van der Waals surface area contributed by atoms with E-state index in [0.717, 1.165) is 34.6 Å². The molecule has 2 rings (SSSR count). The van der Waals surface area contributed by atoms with E-state index >= 15 is 0 Å². The maximum Gasteiger partial charge on any atom is 0.410 e. The van der Waals surface area contributed by atoms with Gasteiger partial charge in [0.05, 0.1) is 27.9 Å². The number of amides is 1. The Morgan fingerprint density at radius 2 is 2.05 bits per heavy atom. The van der Waals surface area contributed by atoms with Gasteiger partial charge in [0, 0.05) is 29.3 Å². The van der Waals surface area contributed by atoms with Crippen LogP contribution in [-0.4, -0.2) is 38.4 Å². The van der Waals surface area contributed by atoms with E-state index in [1.807, 2.05) is 6.07 Å². The van der Waals surface area contributed by atoms with Crippen LogP contribution in [-0.2, 0) is 24.2 Å². The summed E-state index contributed by atoms with van der Waals surface area (Å²) in [4.78, 5) is 13.8. The summed E-state index contributed by atoms with van der Waals surface area (Å²) in [6.07, 6.45) is 1.22. The van der Waals surface area contributed by atoms with Gasteiger partial charge in [-0.2, -0.15) is 0 Å². The summed E-state index contributed by atoms with van der Waals surface area (Å²) in [5.74, 6) is 1.54. The fraction of sp³-hybridized carbons (Fsp3) is 0.562. The van der Waals surface area contributed by atoms with E-state index in [0.29, 0.717) is 19.5 Å². The Labute approximate surface area is 131 Å². The van der Waals surface area contributed by atoms with Crippen LogP contribution >= 0.6 is 0 Å². The lowest BCUT2D eigenvalue weighted by atomic mass is 9.89. The van der Waals surface area contributed by atoms with E-state index in [1.54, 1.807) is 19.1 Å². The van der Waals surface area contributed by atoms with Crippen LogP contribution in [0.1, 0.15) is 30.0 Å². The largest absolute Gasteiger partial charge is 0.496 e. The topological polar surface area (TPSA) is 74.0 Å². The molecule has 0 radical (unpaired) electrons. The molecule has 1 aromatic rings. The smallest absolute Gasteiger partial charge is 0.410 e. The van der Waals surface area contributed by atoms with E-state index in [1.165, 1.54) is 7.11 Å². The number of fused-ring (bicyclic) bond motifs is 1. The number of carbonyl (C=O) groups is 1. The molecule has 1 atom stereocenters. The normalized spacial score (nSPS) is 17.0. The molecular weight excluding hydrogens is 284 g/mol. The zero-order valence-electron chi connectivity index (χ0n) is 13.6. The number of nitrogens with zero attached hydrogens (tertiary/aromatic N) is 1. The molecule has 1 aliphatic heterocycles. The summed E-state index contributed by atoms with van der Waals surface area (Å²) >= 11 is 0. The van der Waals surface area contributed by atoms with E-state index in [4.69, 9.17) is 19.9 Å². The monoisotopic (exact) mass is 308 g/mol. The Kier molecular flexibility index (Phi) is 5.13. The fourth-order valence-corrected chi connectivity index (χ4v) is 3.11. The third-order valence-corrected chi connectivity index (χ3v) is 4.27. The van der Waals surface area contributed by atoms with Gasteiger partial charge in [-0.05, 0) is 18.9 Å². The first-order chi connectivity index (χ1) is 10.6. The second-order valence-corrected chi connectivity index (χ2v) is 5.30. The number of rotatable bonds is 4. The molecule has 6 nitrogen and oxygen atoms in total. The second kappa shape index (κ2) is 6.87. The Hall–Kier alpha value is -1.95. The highest BCUT2D eigenvalue weighted by Crippen LogP contribution is 2.40. The fourth-order valence-electron chi connectivity index (χ4n) is 3.11. The first-order valence-electron chi connectivity index (χ1n) is 7.41. The summed E-state index contributed by atoms with van der Waals surface area (Å²) in [5.41, 5.74) is 8.79. The number of ether oxygens (including phenoxy) is 3. The van der Waals surface area contributed by atoms with Crippen molar-refractivity contribution >= 4 is 6.09 Å². The molecule has 0 spiro atoms. The predicted octanol–water partition coefficient (Wildman–Crippen LogP) is 2.07. The van der Waals surface area contributed by atoms with Gasteiger partial charge in [-0.1, -0.05) is 6.92 Å². The SMILES string of the molecule is CCC1Cc2c(c(OC)cc(CN)c2OC)CN1C(=O)OC. The van der Waals surface area contributed by atoms with Gasteiger partial charge in [0.25, 0.3) is 0 Å². The molecule has 22 heavy (non-hydrogen) atoms. The maximum atomic E-state index is 12.0.